The van der Waals surface area contributed by atoms with Gasteiger partial charge in [-0.3, -0.25) is 0 Å². The Morgan fingerprint density at radius 1 is 0.389 bits per heavy atom. The highest BCUT2D eigenvalue weighted by atomic mass is 16.6. The molecule has 0 aliphatic carbocycles. The Morgan fingerprint density at radius 2 is 0.750 bits per heavy atom. The first-order valence-corrected chi connectivity index (χ1v) is 14.9. The molecule has 210 valence electrons. The molecule has 1 aromatic carbocycles. The molecule has 0 bridgehead atoms. The molecule has 0 saturated carbocycles. The van der Waals surface area contributed by atoms with Crippen molar-refractivity contribution in [1.29, 1.82) is 0 Å². The Labute approximate surface area is 222 Å². The molecule has 0 spiro atoms. The highest BCUT2D eigenvalue weighted by Gasteiger charge is 1.96. The molecule has 0 aromatic heterocycles. The largest absolute Gasteiger partial charge is 0.379 e. The predicted octanol–water partition coefficient (Wildman–Crippen LogP) is 7.75. The van der Waals surface area contributed by atoms with E-state index >= 15 is 0 Å². The van der Waals surface area contributed by atoms with Crippen molar-refractivity contribution in [3.63, 3.8) is 0 Å². The van der Waals surface area contributed by atoms with Crippen molar-refractivity contribution in [1.82, 2.24) is 0 Å². The molecule has 0 fully saturated rings. The molecule has 1 rings (SSSR count). The molecule has 0 atom stereocenters. The maximum Gasteiger partial charge on any atom is 0.0718 e. The zero-order valence-electron chi connectivity index (χ0n) is 23.4. The van der Waals surface area contributed by atoms with Crippen LogP contribution in [0.5, 0.6) is 0 Å². The van der Waals surface area contributed by atoms with E-state index in [9.17, 15) is 0 Å². The third-order valence-electron chi connectivity index (χ3n) is 6.24. The molecule has 0 N–H and O–H groups in total. The van der Waals surface area contributed by atoms with Crippen molar-refractivity contribution >= 4 is 0 Å². The smallest absolute Gasteiger partial charge is 0.0718 e. The lowest BCUT2D eigenvalue weighted by molar-refractivity contribution is -0.0126. The molecule has 0 radical (unpaired) electrons. The van der Waals surface area contributed by atoms with Gasteiger partial charge in [0.15, 0.2) is 0 Å². The molecule has 0 amide bonds. The van der Waals surface area contributed by atoms with E-state index < -0.39 is 0 Å². The average molecular weight is 509 g/mol. The van der Waals surface area contributed by atoms with E-state index in [1.807, 2.05) is 18.2 Å². The van der Waals surface area contributed by atoms with Gasteiger partial charge in [0, 0.05) is 6.61 Å². The first-order chi connectivity index (χ1) is 17.9. The summed E-state index contributed by atoms with van der Waals surface area (Å²) in [5, 5.41) is 0. The van der Waals surface area contributed by atoms with Crippen LogP contribution in [0.15, 0.2) is 30.3 Å². The van der Waals surface area contributed by atoms with Crippen LogP contribution in [-0.2, 0) is 30.3 Å². The summed E-state index contributed by atoms with van der Waals surface area (Å²) >= 11 is 0. The van der Waals surface area contributed by atoms with Crippen LogP contribution in [-0.4, -0.2) is 59.5 Å². The molecule has 36 heavy (non-hydrogen) atoms. The fourth-order valence-electron chi connectivity index (χ4n) is 4.04. The Kier molecular flexibility index (Phi) is 26.2. The van der Waals surface area contributed by atoms with E-state index in [-0.39, 0.29) is 0 Å². The zero-order valence-corrected chi connectivity index (χ0v) is 23.4. The topological polar surface area (TPSA) is 46.2 Å². The quantitative estimate of drug-likeness (QED) is 0.104. The van der Waals surface area contributed by atoms with Gasteiger partial charge in [-0.2, -0.15) is 0 Å². The van der Waals surface area contributed by atoms with Gasteiger partial charge in [0.1, 0.15) is 0 Å². The number of unbranched alkanes of at least 4 members (excludes halogenated alkanes) is 13. The van der Waals surface area contributed by atoms with Crippen molar-refractivity contribution in [2.24, 2.45) is 0 Å². The van der Waals surface area contributed by atoms with Gasteiger partial charge in [-0.1, -0.05) is 121 Å². The molecular formula is C31H56O5. The fraction of sp³-hybridized carbons (Fsp3) is 0.806. The number of rotatable bonds is 29. The molecule has 5 heteroatoms. The molecule has 0 aliphatic rings. The fourth-order valence-corrected chi connectivity index (χ4v) is 4.04. The highest BCUT2D eigenvalue weighted by molar-refractivity contribution is 5.13. The van der Waals surface area contributed by atoms with Crippen molar-refractivity contribution < 1.29 is 23.7 Å². The van der Waals surface area contributed by atoms with Gasteiger partial charge in [-0.05, 0) is 12.0 Å². The van der Waals surface area contributed by atoms with Gasteiger partial charge in [0.05, 0.1) is 59.5 Å². The third-order valence-corrected chi connectivity index (χ3v) is 6.24. The summed E-state index contributed by atoms with van der Waals surface area (Å²) in [7, 11) is 0. The number of hydrogen-bond acceptors (Lipinski definition) is 5. The lowest BCUT2D eigenvalue weighted by Gasteiger charge is -2.08. The molecule has 5 nitrogen and oxygen atoms in total. The summed E-state index contributed by atoms with van der Waals surface area (Å²) in [6.07, 6.45) is 19.4. The van der Waals surface area contributed by atoms with Gasteiger partial charge >= 0.3 is 0 Å². The van der Waals surface area contributed by atoms with Gasteiger partial charge in [-0.15, -0.1) is 0 Å². The van der Waals surface area contributed by atoms with Crippen LogP contribution in [0.25, 0.3) is 0 Å². The van der Waals surface area contributed by atoms with Gasteiger partial charge in [0.25, 0.3) is 0 Å². The second-order valence-electron chi connectivity index (χ2n) is 9.58. The molecular weight excluding hydrogens is 452 g/mol. The van der Waals surface area contributed by atoms with E-state index in [2.05, 4.69) is 19.1 Å². The Hall–Kier alpha value is -0.980. The maximum atomic E-state index is 5.66. The third kappa shape index (κ3) is 24.7. The molecule has 1 aromatic rings. The standard InChI is InChI=1S/C31H56O5/c1-2-3-4-5-6-7-8-9-10-11-12-13-14-18-21-32-22-23-33-24-25-34-26-27-35-28-29-36-30-31-19-16-15-17-20-31/h15-17,19-20H,2-14,18,21-30H2,1H3. The van der Waals surface area contributed by atoms with Gasteiger partial charge in [-0.25, -0.2) is 0 Å². The molecule has 0 heterocycles. The SMILES string of the molecule is CCCCCCCCCCCCCCCCOCCOCCOCCOCCOCc1ccccc1. The van der Waals surface area contributed by atoms with E-state index in [1.54, 1.807) is 0 Å². The van der Waals surface area contributed by atoms with Crippen LogP contribution in [0, 0.1) is 0 Å². The van der Waals surface area contributed by atoms with Crippen LogP contribution in [0.3, 0.4) is 0 Å². The minimum Gasteiger partial charge on any atom is -0.379 e. The molecule has 0 unspecified atom stereocenters. The predicted molar refractivity (Wildman–Crippen MR) is 150 cm³/mol. The van der Waals surface area contributed by atoms with E-state index in [0.29, 0.717) is 59.5 Å². The number of ether oxygens (including phenoxy) is 5. The summed E-state index contributed by atoms with van der Waals surface area (Å²) in [5.74, 6) is 0. The van der Waals surface area contributed by atoms with Crippen molar-refractivity contribution in [3.8, 4) is 0 Å². The number of hydrogen-bond donors (Lipinski definition) is 0. The zero-order chi connectivity index (χ0) is 25.6. The summed E-state index contributed by atoms with van der Waals surface area (Å²) < 4.78 is 27.8. The Morgan fingerprint density at radius 3 is 1.19 bits per heavy atom. The maximum absolute atomic E-state index is 5.66. The highest BCUT2D eigenvalue weighted by Crippen LogP contribution is 2.13. The van der Waals surface area contributed by atoms with Gasteiger partial charge < -0.3 is 23.7 Å². The summed E-state index contributed by atoms with van der Waals surface area (Å²) in [5.41, 5.74) is 1.18. The van der Waals surface area contributed by atoms with Crippen LogP contribution < -0.4 is 0 Å². The summed E-state index contributed by atoms with van der Waals surface area (Å²) in [6.45, 7) is 8.60. The summed E-state index contributed by atoms with van der Waals surface area (Å²) in [4.78, 5) is 0. The lowest BCUT2D eigenvalue weighted by atomic mass is 10.0. The van der Waals surface area contributed by atoms with Gasteiger partial charge in [0.2, 0.25) is 0 Å². The van der Waals surface area contributed by atoms with Crippen LogP contribution in [0.1, 0.15) is 102 Å². The second-order valence-corrected chi connectivity index (χ2v) is 9.58. The Bertz CT molecular complexity index is 525. The van der Waals surface area contributed by atoms with E-state index in [4.69, 9.17) is 23.7 Å². The first kappa shape index (κ1) is 33.0. The lowest BCUT2D eigenvalue weighted by Crippen LogP contribution is -2.13. The minimum atomic E-state index is 0.580. The number of benzene rings is 1. The van der Waals surface area contributed by atoms with Crippen LogP contribution >= 0.6 is 0 Å². The monoisotopic (exact) mass is 508 g/mol. The molecule has 0 saturated heterocycles. The van der Waals surface area contributed by atoms with Crippen molar-refractivity contribution in [3.05, 3.63) is 35.9 Å². The normalized spacial score (nSPS) is 11.4. The van der Waals surface area contributed by atoms with Crippen molar-refractivity contribution in [2.75, 3.05) is 59.5 Å². The Balaban J connectivity index is 1.63. The first-order valence-electron chi connectivity index (χ1n) is 14.9. The van der Waals surface area contributed by atoms with Crippen molar-refractivity contribution in [2.45, 2.75) is 103 Å². The van der Waals surface area contributed by atoms with E-state index in [1.165, 1.54) is 89.0 Å². The second kappa shape index (κ2) is 28.6. The van der Waals surface area contributed by atoms with Crippen LogP contribution in [0.4, 0.5) is 0 Å². The minimum absolute atomic E-state index is 0.580. The van der Waals surface area contributed by atoms with E-state index in [0.717, 1.165) is 13.0 Å². The summed E-state index contributed by atoms with van der Waals surface area (Å²) in [6, 6.07) is 10.2. The van der Waals surface area contributed by atoms with Crippen LogP contribution in [0.2, 0.25) is 0 Å². The average Bonchev–Trinajstić information content (AvgIpc) is 2.91. The molecule has 0 aliphatic heterocycles.